The first kappa shape index (κ1) is 13.2. The predicted octanol–water partition coefficient (Wildman–Crippen LogP) is 2.90. The largest absolute Gasteiger partial charge is 0.370 e. The topological polar surface area (TPSA) is 50.4 Å². The van der Waals surface area contributed by atoms with Crippen molar-refractivity contribution in [3.63, 3.8) is 0 Å². The lowest BCUT2D eigenvalue weighted by molar-refractivity contribution is 0.352. The Morgan fingerprint density at radius 3 is 2.50 bits per heavy atom. The molecule has 3 nitrogen and oxygen atoms in total. The Kier molecular flexibility index (Phi) is 4.12. The number of benzene rings is 1. The molecule has 0 heterocycles. The SMILES string of the molecule is CC(C)NC(N)=NC1CC(c2ccc(Cl)cc2)C1. The van der Waals surface area contributed by atoms with E-state index in [1.807, 2.05) is 12.1 Å². The van der Waals surface area contributed by atoms with Crippen LogP contribution in [0.1, 0.15) is 38.2 Å². The van der Waals surface area contributed by atoms with E-state index in [2.05, 4.69) is 36.3 Å². The molecule has 3 N–H and O–H groups in total. The van der Waals surface area contributed by atoms with E-state index in [0.717, 1.165) is 17.9 Å². The third-order valence-electron chi connectivity index (χ3n) is 3.21. The van der Waals surface area contributed by atoms with Gasteiger partial charge in [-0.2, -0.15) is 0 Å². The number of hydrogen-bond donors (Lipinski definition) is 2. The Morgan fingerprint density at radius 1 is 1.33 bits per heavy atom. The van der Waals surface area contributed by atoms with E-state index >= 15 is 0 Å². The molecule has 1 saturated carbocycles. The summed E-state index contributed by atoms with van der Waals surface area (Å²) in [5.74, 6) is 1.16. The molecule has 18 heavy (non-hydrogen) atoms. The zero-order valence-electron chi connectivity index (χ0n) is 10.9. The highest BCUT2D eigenvalue weighted by molar-refractivity contribution is 6.30. The molecular formula is C14H20ClN3. The molecule has 0 spiro atoms. The number of nitrogens with zero attached hydrogens (tertiary/aromatic N) is 1. The molecule has 1 fully saturated rings. The van der Waals surface area contributed by atoms with E-state index < -0.39 is 0 Å². The summed E-state index contributed by atoms with van der Waals surface area (Å²) < 4.78 is 0. The van der Waals surface area contributed by atoms with Crippen molar-refractivity contribution < 1.29 is 0 Å². The van der Waals surface area contributed by atoms with Gasteiger partial charge in [0.2, 0.25) is 0 Å². The molecule has 0 atom stereocenters. The maximum Gasteiger partial charge on any atom is 0.189 e. The van der Waals surface area contributed by atoms with E-state index in [-0.39, 0.29) is 0 Å². The second-order valence-corrected chi connectivity index (χ2v) is 5.62. The van der Waals surface area contributed by atoms with Gasteiger partial charge in [-0.05, 0) is 50.3 Å². The Bertz CT molecular complexity index is 419. The van der Waals surface area contributed by atoms with Gasteiger partial charge in [-0.3, -0.25) is 4.99 Å². The van der Waals surface area contributed by atoms with Crippen molar-refractivity contribution in [2.24, 2.45) is 10.7 Å². The number of hydrogen-bond acceptors (Lipinski definition) is 1. The van der Waals surface area contributed by atoms with Crippen LogP contribution in [0.5, 0.6) is 0 Å². The van der Waals surface area contributed by atoms with Crippen LogP contribution in [-0.4, -0.2) is 18.0 Å². The fourth-order valence-corrected chi connectivity index (χ4v) is 2.36. The van der Waals surface area contributed by atoms with Gasteiger partial charge in [-0.1, -0.05) is 23.7 Å². The zero-order chi connectivity index (χ0) is 13.1. The highest BCUT2D eigenvalue weighted by Crippen LogP contribution is 2.38. The van der Waals surface area contributed by atoms with Crippen LogP contribution in [0.15, 0.2) is 29.3 Å². The molecule has 0 radical (unpaired) electrons. The molecule has 0 bridgehead atoms. The molecule has 4 heteroatoms. The van der Waals surface area contributed by atoms with Crippen LogP contribution >= 0.6 is 11.6 Å². The number of guanidine groups is 1. The van der Waals surface area contributed by atoms with Crippen LogP contribution in [0.2, 0.25) is 5.02 Å². The molecule has 0 unspecified atom stereocenters. The van der Waals surface area contributed by atoms with Gasteiger partial charge in [0.1, 0.15) is 0 Å². The van der Waals surface area contributed by atoms with Gasteiger partial charge in [0, 0.05) is 11.1 Å². The van der Waals surface area contributed by atoms with Gasteiger partial charge >= 0.3 is 0 Å². The summed E-state index contributed by atoms with van der Waals surface area (Å²) in [6, 6.07) is 8.79. The highest BCUT2D eigenvalue weighted by Gasteiger charge is 2.30. The lowest BCUT2D eigenvalue weighted by atomic mass is 9.76. The van der Waals surface area contributed by atoms with Gasteiger partial charge in [0.05, 0.1) is 6.04 Å². The van der Waals surface area contributed by atoms with E-state index in [4.69, 9.17) is 17.3 Å². The molecule has 98 valence electrons. The molecule has 0 aromatic heterocycles. The van der Waals surface area contributed by atoms with Crippen LogP contribution in [0.3, 0.4) is 0 Å². The Morgan fingerprint density at radius 2 is 1.94 bits per heavy atom. The van der Waals surface area contributed by atoms with Gasteiger partial charge in [0.15, 0.2) is 5.96 Å². The minimum Gasteiger partial charge on any atom is -0.370 e. The normalized spacial score (nSPS) is 23.9. The summed E-state index contributed by atoms with van der Waals surface area (Å²) in [7, 11) is 0. The Hall–Kier alpha value is -1.22. The summed E-state index contributed by atoms with van der Waals surface area (Å²) in [5.41, 5.74) is 7.16. The average Bonchev–Trinajstić information content (AvgIpc) is 2.23. The van der Waals surface area contributed by atoms with Gasteiger partial charge in [-0.25, -0.2) is 0 Å². The van der Waals surface area contributed by atoms with Crippen LogP contribution in [0.25, 0.3) is 0 Å². The van der Waals surface area contributed by atoms with Crippen molar-refractivity contribution in [3.05, 3.63) is 34.9 Å². The molecular weight excluding hydrogens is 246 g/mol. The molecule has 2 rings (SSSR count). The fraction of sp³-hybridized carbons (Fsp3) is 0.500. The van der Waals surface area contributed by atoms with Crippen molar-refractivity contribution in [1.29, 1.82) is 0 Å². The molecule has 0 aliphatic heterocycles. The Balaban J connectivity index is 1.85. The monoisotopic (exact) mass is 265 g/mol. The standard InChI is InChI=1S/C14H20ClN3/c1-9(2)17-14(16)18-13-7-11(8-13)10-3-5-12(15)6-4-10/h3-6,9,11,13H,7-8H2,1-2H3,(H3,16,17,18). The number of nitrogens with two attached hydrogens (primary N) is 1. The van der Waals surface area contributed by atoms with Gasteiger partial charge in [0.25, 0.3) is 0 Å². The van der Waals surface area contributed by atoms with E-state index in [9.17, 15) is 0 Å². The highest BCUT2D eigenvalue weighted by atomic mass is 35.5. The van der Waals surface area contributed by atoms with E-state index in [0.29, 0.717) is 24.0 Å². The summed E-state index contributed by atoms with van der Waals surface area (Å²) in [4.78, 5) is 4.47. The number of aliphatic imine (C=N–C) groups is 1. The third-order valence-corrected chi connectivity index (χ3v) is 3.46. The zero-order valence-corrected chi connectivity index (χ0v) is 11.6. The number of nitrogens with one attached hydrogen (secondary N) is 1. The van der Waals surface area contributed by atoms with Crippen molar-refractivity contribution in [3.8, 4) is 0 Å². The minimum atomic E-state index is 0.334. The van der Waals surface area contributed by atoms with Gasteiger partial charge in [-0.15, -0.1) is 0 Å². The van der Waals surface area contributed by atoms with E-state index in [1.54, 1.807) is 0 Å². The third kappa shape index (κ3) is 3.39. The molecule has 1 aromatic carbocycles. The fourth-order valence-electron chi connectivity index (χ4n) is 2.23. The number of halogens is 1. The summed E-state index contributed by atoms with van der Waals surface area (Å²) in [6.07, 6.45) is 2.14. The second-order valence-electron chi connectivity index (χ2n) is 5.19. The van der Waals surface area contributed by atoms with Crippen molar-refractivity contribution >= 4 is 17.6 Å². The first-order valence-electron chi connectivity index (χ1n) is 6.40. The van der Waals surface area contributed by atoms with Gasteiger partial charge < -0.3 is 11.1 Å². The van der Waals surface area contributed by atoms with Crippen molar-refractivity contribution in [2.75, 3.05) is 0 Å². The van der Waals surface area contributed by atoms with Crippen LogP contribution in [-0.2, 0) is 0 Å². The van der Waals surface area contributed by atoms with Crippen LogP contribution < -0.4 is 11.1 Å². The second kappa shape index (κ2) is 5.61. The van der Waals surface area contributed by atoms with E-state index in [1.165, 1.54) is 5.56 Å². The molecule has 1 aromatic rings. The lowest BCUT2D eigenvalue weighted by Crippen LogP contribution is -2.39. The smallest absolute Gasteiger partial charge is 0.189 e. The lowest BCUT2D eigenvalue weighted by Gasteiger charge is -2.33. The van der Waals surface area contributed by atoms with Crippen LogP contribution in [0, 0.1) is 0 Å². The Labute approximate surface area is 113 Å². The maximum atomic E-state index is 5.88. The molecule has 0 amide bonds. The predicted molar refractivity (Wildman–Crippen MR) is 77.1 cm³/mol. The number of rotatable bonds is 3. The summed E-state index contributed by atoms with van der Waals surface area (Å²) >= 11 is 5.88. The first-order valence-corrected chi connectivity index (χ1v) is 6.77. The molecule has 1 aliphatic carbocycles. The summed E-state index contributed by atoms with van der Waals surface area (Å²) in [6.45, 7) is 4.11. The first-order chi connectivity index (χ1) is 8.54. The quantitative estimate of drug-likeness (QED) is 0.652. The average molecular weight is 266 g/mol. The maximum absolute atomic E-state index is 5.88. The minimum absolute atomic E-state index is 0.334. The van der Waals surface area contributed by atoms with Crippen molar-refractivity contribution in [2.45, 2.75) is 44.7 Å². The molecule has 0 saturated heterocycles. The van der Waals surface area contributed by atoms with Crippen molar-refractivity contribution in [1.82, 2.24) is 5.32 Å². The summed E-state index contributed by atoms with van der Waals surface area (Å²) in [5, 5.41) is 3.90. The van der Waals surface area contributed by atoms with Crippen LogP contribution in [0.4, 0.5) is 0 Å². The molecule has 1 aliphatic rings.